The third-order valence-electron chi connectivity index (χ3n) is 4.41. The second-order valence-electron chi connectivity index (χ2n) is 6.05. The average molecular weight is 340 g/mol. The number of benzene rings is 1. The molecule has 132 valence electrons. The highest BCUT2D eigenvalue weighted by atomic mass is 16.3. The summed E-state index contributed by atoms with van der Waals surface area (Å²) in [6.07, 6.45) is 2.62. The van der Waals surface area contributed by atoms with E-state index in [1.54, 1.807) is 19.2 Å². The van der Waals surface area contributed by atoms with Crippen LogP contribution >= 0.6 is 0 Å². The predicted octanol–water partition coefficient (Wildman–Crippen LogP) is 2.07. The summed E-state index contributed by atoms with van der Waals surface area (Å²) >= 11 is 0. The first-order chi connectivity index (χ1) is 12.3. The molecule has 0 spiro atoms. The summed E-state index contributed by atoms with van der Waals surface area (Å²) in [7, 11) is 1.79. The lowest BCUT2D eigenvalue weighted by Crippen LogP contribution is -2.43. The van der Waals surface area contributed by atoms with Gasteiger partial charge in [0.25, 0.3) is 5.91 Å². The van der Waals surface area contributed by atoms with Gasteiger partial charge in [-0.25, -0.2) is 0 Å². The van der Waals surface area contributed by atoms with E-state index in [0.29, 0.717) is 24.8 Å². The van der Waals surface area contributed by atoms with E-state index in [1.165, 1.54) is 11.8 Å². The second-order valence-corrected chi connectivity index (χ2v) is 6.05. The van der Waals surface area contributed by atoms with Gasteiger partial charge < -0.3 is 20.0 Å². The Morgan fingerprint density at radius 2 is 2.00 bits per heavy atom. The lowest BCUT2D eigenvalue weighted by atomic mass is 9.99. The first-order valence-corrected chi connectivity index (χ1v) is 8.60. The summed E-state index contributed by atoms with van der Waals surface area (Å²) in [6.45, 7) is 3.07. The number of aliphatic imine (C=N–C) groups is 1. The smallest absolute Gasteiger partial charge is 0.287 e. The Balaban J connectivity index is 1.43. The van der Waals surface area contributed by atoms with Crippen LogP contribution in [0.1, 0.15) is 28.5 Å². The van der Waals surface area contributed by atoms with E-state index in [4.69, 9.17) is 4.42 Å². The number of furan rings is 1. The number of carbonyl (C=O) groups is 1. The van der Waals surface area contributed by atoms with Crippen molar-refractivity contribution in [3.05, 3.63) is 60.1 Å². The molecule has 1 aromatic heterocycles. The minimum atomic E-state index is -0.202. The van der Waals surface area contributed by atoms with Crippen molar-refractivity contribution in [1.29, 1.82) is 0 Å². The Morgan fingerprint density at radius 1 is 1.20 bits per heavy atom. The van der Waals surface area contributed by atoms with Gasteiger partial charge in [-0.05, 0) is 24.1 Å². The molecule has 1 fully saturated rings. The van der Waals surface area contributed by atoms with E-state index >= 15 is 0 Å². The second kappa shape index (κ2) is 8.37. The molecule has 1 aliphatic rings. The van der Waals surface area contributed by atoms with E-state index in [9.17, 15) is 4.79 Å². The van der Waals surface area contributed by atoms with Gasteiger partial charge in [0.15, 0.2) is 11.7 Å². The molecule has 6 heteroatoms. The van der Waals surface area contributed by atoms with Gasteiger partial charge in [0.1, 0.15) is 0 Å². The molecule has 1 saturated heterocycles. The van der Waals surface area contributed by atoms with Crippen molar-refractivity contribution in [3.63, 3.8) is 0 Å². The zero-order valence-corrected chi connectivity index (χ0v) is 14.4. The summed E-state index contributed by atoms with van der Waals surface area (Å²) in [5.41, 5.74) is 1.38. The molecule has 0 radical (unpaired) electrons. The molecule has 2 heterocycles. The number of hydrogen-bond donors (Lipinski definition) is 2. The molecule has 1 aliphatic heterocycles. The van der Waals surface area contributed by atoms with E-state index in [2.05, 4.69) is 44.8 Å². The van der Waals surface area contributed by atoms with Crippen LogP contribution in [0.15, 0.2) is 58.1 Å². The van der Waals surface area contributed by atoms with Gasteiger partial charge in [0, 0.05) is 39.1 Å². The van der Waals surface area contributed by atoms with E-state index in [1.807, 2.05) is 6.07 Å². The van der Waals surface area contributed by atoms with Gasteiger partial charge in [0.2, 0.25) is 0 Å². The topological polar surface area (TPSA) is 69.9 Å². The standard InChI is InChI=1S/C19H24N4O2/c1-20-19(22-11-10-21-18(24)17-8-5-13-25-17)23-12-9-16(14-23)15-6-3-2-4-7-15/h2-8,13,16H,9-12,14H2,1H3,(H,20,22)(H,21,24). The summed E-state index contributed by atoms with van der Waals surface area (Å²) in [6, 6.07) is 14.0. The molecule has 0 aliphatic carbocycles. The number of amides is 1. The summed E-state index contributed by atoms with van der Waals surface area (Å²) in [5.74, 6) is 1.55. The molecule has 1 amide bonds. The molecule has 2 N–H and O–H groups in total. The van der Waals surface area contributed by atoms with Gasteiger partial charge in [0.05, 0.1) is 6.26 Å². The number of rotatable bonds is 5. The van der Waals surface area contributed by atoms with Gasteiger partial charge in [-0.15, -0.1) is 0 Å². The van der Waals surface area contributed by atoms with Crippen LogP contribution in [-0.4, -0.2) is 50.0 Å². The third-order valence-corrected chi connectivity index (χ3v) is 4.41. The van der Waals surface area contributed by atoms with Crippen LogP contribution in [0, 0.1) is 0 Å². The first-order valence-electron chi connectivity index (χ1n) is 8.60. The Morgan fingerprint density at radius 3 is 2.72 bits per heavy atom. The first kappa shape index (κ1) is 17.1. The molecule has 3 rings (SSSR count). The van der Waals surface area contributed by atoms with Gasteiger partial charge >= 0.3 is 0 Å². The zero-order chi connectivity index (χ0) is 17.5. The molecule has 0 bridgehead atoms. The molecule has 0 saturated carbocycles. The molecular formula is C19H24N4O2. The molecule has 2 aromatic rings. The molecule has 6 nitrogen and oxygen atoms in total. The van der Waals surface area contributed by atoms with Crippen LogP contribution in [-0.2, 0) is 0 Å². The van der Waals surface area contributed by atoms with Crippen molar-refractivity contribution in [2.75, 3.05) is 33.2 Å². The van der Waals surface area contributed by atoms with Gasteiger partial charge in [-0.1, -0.05) is 30.3 Å². The quantitative estimate of drug-likeness (QED) is 0.497. The maximum absolute atomic E-state index is 11.8. The summed E-state index contributed by atoms with van der Waals surface area (Å²) in [5, 5.41) is 6.14. The fraction of sp³-hybridized carbons (Fsp3) is 0.368. The Bertz CT molecular complexity index is 697. The summed E-state index contributed by atoms with van der Waals surface area (Å²) in [4.78, 5) is 18.4. The lowest BCUT2D eigenvalue weighted by molar-refractivity contribution is 0.0926. The predicted molar refractivity (Wildman–Crippen MR) is 97.8 cm³/mol. The Kier molecular flexibility index (Phi) is 5.72. The molecule has 1 atom stereocenters. The fourth-order valence-electron chi connectivity index (χ4n) is 3.13. The Labute approximate surface area is 147 Å². The van der Waals surface area contributed by atoms with Crippen molar-refractivity contribution in [1.82, 2.24) is 15.5 Å². The number of hydrogen-bond acceptors (Lipinski definition) is 3. The molecule has 25 heavy (non-hydrogen) atoms. The van der Waals surface area contributed by atoms with Crippen molar-refractivity contribution in [2.24, 2.45) is 4.99 Å². The van der Waals surface area contributed by atoms with E-state index < -0.39 is 0 Å². The monoisotopic (exact) mass is 340 g/mol. The average Bonchev–Trinajstić information content (AvgIpc) is 3.34. The largest absolute Gasteiger partial charge is 0.459 e. The minimum absolute atomic E-state index is 0.202. The highest BCUT2D eigenvalue weighted by Gasteiger charge is 2.25. The van der Waals surface area contributed by atoms with Gasteiger partial charge in [-0.3, -0.25) is 9.79 Å². The van der Waals surface area contributed by atoms with Crippen molar-refractivity contribution >= 4 is 11.9 Å². The maximum atomic E-state index is 11.8. The number of likely N-dealkylation sites (tertiary alicyclic amines) is 1. The normalized spacial score (nSPS) is 17.6. The number of carbonyl (C=O) groups excluding carboxylic acids is 1. The number of nitrogens with zero attached hydrogens (tertiary/aromatic N) is 2. The Hall–Kier alpha value is -2.76. The van der Waals surface area contributed by atoms with Crippen LogP contribution in [0.4, 0.5) is 0 Å². The summed E-state index contributed by atoms with van der Waals surface area (Å²) < 4.78 is 5.07. The van der Waals surface area contributed by atoms with Crippen LogP contribution in [0.25, 0.3) is 0 Å². The van der Waals surface area contributed by atoms with Crippen LogP contribution < -0.4 is 10.6 Å². The zero-order valence-electron chi connectivity index (χ0n) is 14.4. The van der Waals surface area contributed by atoms with E-state index in [0.717, 1.165) is 25.5 Å². The van der Waals surface area contributed by atoms with Crippen LogP contribution in [0.5, 0.6) is 0 Å². The molecular weight excluding hydrogens is 316 g/mol. The van der Waals surface area contributed by atoms with Crippen LogP contribution in [0.3, 0.4) is 0 Å². The fourth-order valence-corrected chi connectivity index (χ4v) is 3.13. The SMILES string of the molecule is CN=C(NCCNC(=O)c1ccco1)N1CCC(c2ccccc2)C1. The minimum Gasteiger partial charge on any atom is -0.459 e. The van der Waals surface area contributed by atoms with Crippen LogP contribution in [0.2, 0.25) is 0 Å². The number of nitrogens with one attached hydrogen (secondary N) is 2. The number of guanidine groups is 1. The highest BCUT2D eigenvalue weighted by Crippen LogP contribution is 2.26. The lowest BCUT2D eigenvalue weighted by Gasteiger charge is -2.22. The van der Waals surface area contributed by atoms with Crippen molar-refractivity contribution in [3.8, 4) is 0 Å². The van der Waals surface area contributed by atoms with Gasteiger partial charge in [-0.2, -0.15) is 0 Å². The van der Waals surface area contributed by atoms with Crippen molar-refractivity contribution < 1.29 is 9.21 Å². The highest BCUT2D eigenvalue weighted by molar-refractivity contribution is 5.91. The molecule has 1 unspecified atom stereocenters. The van der Waals surface area contributed by atoms with E-state index in [-0.39, 0.29) is 5.91 Å². The third kappa shape index (κ3) is 4.41. The molecule has 1 aromatic carbocycles. The maximum Gasteiger partial charge on any atom is 0.287 e. The van der Waals surface area contributed by atoms with Crippen molar-refractivity contribution in [2.45, 2.75) is 12.3 Å².